The fraction of sp³-hybridized carbons (Fsp3) is 0.273. The molecule has 0 radical (unpaired) electrons. The fourth-order valence-electron chi connectivity index (χ4n) is 2.93. The number of hydrogen-bond acceptors (Lipinski definition) is 5. The molecule has 1 heterocycles. The SMILES string of the molecule is CCc1ccc(NC(=O)CSc2nnc([C@@H](C)NC(=O)c3ccc(Cl)cc3)n2C)cc1. The number of amides is 2. The standard InChI is InChI=1S/C22H24ClN5O2S/c1-4-15-5-11-18(12-6-15)25-19(29)13-31-22-27-26-20(28(22)3)14(2)24-21(30)16-7-9-17(23)10-8-16/h5-12,14H,4,13H2,1-3H3,(H,24,30)(H,25,29)/t14-/m1/s1. The van der Waals surface area contributed by atoms with E-state index in [1.54, 1.807) is 28.8 Å². The summed E-state index contributed by atoms with van der Waals surface area (Å²) in [4.78, 5) is 24.7. The van der Waals surface area contributed by atoms with Gasteiger partial charge >= 0.3 is 0 Å². The molecule has 0 saturated heterocycles. The van der Waals surface area contributed by atoms with Crippen molar-refractivity contribution in [1.29, 1.82) is 0 Å². The van der Waals surface area contributed by atoms with Crippen molar-refractivity contribution in [2.75, 3.05) is 11.1 Å². The average Bonchev–Trinajstić information content (AvgIpc) is 3.13. The van der Waals surface area contributed by atoms with E-state index in [2.05, 4.69) is 27.8 Å². The Morgan fingerprint density at radius 1 is 1.10 bits per heavy atom. The van der Waals surface area contributed by atoms with Gasteiger partial charge in [-0.2, -0.15) is 0 Å². The zero-order chi connectivity index (χ0) is 22.4. The van der Waals surface area contributed by atoms with Gasteiger partial charge in [-0.1, -0.05) is 42.4 Å². The second-order valence-electron chi connectivity index (χ2n) is 6.99. The van der Waals surface area contributed by atoms with Crippen LogP contribution in [0.15, 0.2) is 53.7 Å². The number of halogens is 1. The third kappa shape index (κ3) is 6.08. The van der Waals surface area contributed by atoms with Crippen LogP contribution < -0.4 is 10.6 Å². The van der Waals surface area contributed by atoms with Gasteiger partial charge in [0.1, 0.15) is 0 Å². The van der Waals surface area contributed by atoms with Crippen LogP contribution >= 0.6 is 23.4 Å². The quantitative estimate of drug-likeness (QED) is 0.493. The third-order valence-corrected chi connectivity index (χ3v) is 5.96. The summed E-state index contributed by atoms with van der Waals surface area (Å²) in [7, 11) is 1.81. The van der Waals surface area contributed by atoms with Crippen LogP contribution in [-0.4, -0.2) is 32.3 Å². The summed E-state index contributed by atoms with van der Waals surface area (Å²) in [6.45, 7) is 3.92. The highest BCUT2D eigenvalue weighted by atomic mass is 35.5. The van der Waals surface area contributed by atoms with E-state index < -0.39 is 0 Å². The molecule has 0 unspecified atom stereocenters. The molecule has 3 rings (SSSR count). The van der Waals surface area contributed by atoms with Crippen LogP contribution in [-0.2, 0) is 18.3 Å². The summed E-state index contributed by atoms with van der Waals surface area (Å²) < 4.78 is 1.78. The van der Waals surface area contributed by atoms with E-state index >= 15 is 0 Å². The maximum atomic E-state index is 12.4. The third-order valence-electron chi connectivity index (χ3n) is 4.69. The highest BCUT2D eigenvalue weighted by Gasteiger charge is 2.19. The topological polar surface area (TPSA) is 88.9 Å². The van der Waals surface area contributed by atoms with Crippen molar-refractivity contribution in [3.63, 3.8) is 0 Å². The van der Waals surface area contributed by atoms with Gasteiger partial charge in [0, 0.05) is 23.3 Å². The first kappa shape index (κ1) is 22.8. The van der Waals surface area contributed by atoms with E-state index in [4.69, 9.17) is 11.6 Å². The number of nitrogens with zero attached hydrogens (tertiary/aromatic N) is 3. The summed E-state index contributed by atoms with van der Waals surface area (Å²) in [5.41, 5.74) is 2.49. The number of anilines is 1. The molecule has 31 heavy (non-hydrogen) atoms. The molecule has 2 aromatic carbocycles. The number of aryl methyl sites for hydroxylation is 1. The van der Waals surface area contributed by atoms with E-state index in [-0.39, 0.29) is 23.6 Å². The van der Waals surface area contributed by atoms with Gasteiger partial charge in [0.2, 0.25) is 5.91 Å². The summed E-state index contributed by atoms with van der Waals surface area (Å²) in [5.74, 6) is 0.450. The number of aromatic nitrogens is 3. The number of carbonyl (C=O) groups excluding carboxylic acids is 2. The lowest BCUT2D eigenvalue weighted by Gasteiger charge is -2.13. The first-order chi connectivity index (χ1) is 14.9. The summed E-state index contributed by atoms with van der Waals surface area (Å²) in [6, 6.07) is 14.1. The lowest BCUT2D eigenvalue weighted by Crippen LogP contribution is -2.28. The maximum Gasteiger partial charge on any atom is 0.251 e. The largest absolute Gasteiger partial charge is 0.342 e. The lowest BCUT2D eigenvalue weighted by molar-refractivity contribution is -0.113. The molecule has 0 aliphatic rings. The van der Waals surface area contributed by atoms with Crippen molar-refractivity contribution in [1.82, 2.24) is 20.1 Å². The first-order valence-corrected chi connectivity index (χ1v) is 11.2. The minimum absolute atomic E-state index is 0.122. The molecule has 3 aromatic rings. The van der Waals surface area contributed by atoms with Crippen LogP contribution in [0.5, 0.6) is 0 Å². The molecule has 1 aromatic heterocycles. The van der Waals surface area contributed by atoms with Crippen LogP contribution in [0.2, 0.25) is 5.02 Å². The maximum absolute atomic E-state index is 12.4. The van der Waals surface area contributed by atoms with Gasteiger partial charge in [0.25, 0.3) is 5.91 Å². The van der Waals surface area contributed by atoms with Crippen molar-refractivity contribution in [3.05, 3.63) is 70.5 Å². The lowest BCUT2D eigenvalue weighted by atomic mass is 10.1. The van der Waals surface area contributed by atoms with E-state index in [0.29, 0.717) is 21.6 Å². The number of rotatable bonds is 8. The Kier molecular flexibility index (Phi) is 7.70. The first-order valence-electron chi connectivity index (χ1n) is 9.84. The van der Waals surface area contributed by atoms with Gasteiger partial charge in [-0.15, -0.1) is 10.2 Å². The second-order valence-corrected chi connectivity index (χ2v) is 8.37. The summed E-state index contributed by atoms with van der Waals surface area (Å²) in [6.07, 6.45) is 0.956. The van der Waals surface area contributed by atoms with Gasteiger partial charge < -0.3 is 15.2 Å². The molecule has 0 aliphatic carbocycles. The van der Waals surface area contributed by atoms with Crippen molar-refractivity contribution in [3.8, 4) is 0 Å². The number of carbonyl (C=O) groups is 2. The van der Waals surface area contributed by atoms with E-state index in [1.165, 1.54) is 17.3 Å². The Morgan fingerprint density at radius 2 is 1.77 bits per heavy atom. The Hall–Kier alpha value is -2.84. The van der Waals surface area contributed by atoms with Crippen molar-refractivity contribution in [2.45, 2.75) is 31.5 Å². The van der Waals surface area contributed by atoms with E-state index in [9.17, 15) is 9.59 Å². The van der Waals surface area contributed by atoms with Crippen LogP contribution in [0.4, 0.5) is 5.69 Å². The van der Waals surface area contributed by atoms with Crippen LogP contribution in [0, 0.1) is 0 Å². The summed E-state index contributed by atoms with van der Waals surface area (Å²) >= 11 is 7.15. The van der Waals surface area contributed by atoms with Gasteiger partial charge in [-0.25, -0.2) is 0 Å². The van der Waals surface area contributed by atoms with Crippen LogP contribution in [0.3, 0.4) is 0 Å². The van der Waals surface area contributed by atoms with Gasteiger partial charge in [-0.3, -0.25) is 9.59 Å². The Bertz CT molecular complexity index is 1050. The smallest absolute Gasteiger partial charge is 0.251 e. The Morgan fingerprint density at radius 3 is 2.42 bits per heavy atom. The number of nitrogens with one attached hydrogen (secondary N) is 2. The molecule has 0 spiro atoms. The second kappa shape index (κ2) is 10.5. The fourth-order valence-corrected chi connectivity index (χ4v) is 3.77. The minimum atomic E-state index is -0.360. The number of thioether (sulfide) groups is 1. The average molecular weight is 458 g/mol. The highest BCUT2D eigenvalue weighted by Crippen LogP contribution is 2.20. The molecular weight excluding hydrogens is 434 g/mol. The predicted molar refractivity (Wildman–Crippen MR) is 124 cm³/mol. The zero-order valence-corrected chi connectivity index (χ0v) is 19.1. The molecule has 9 heteroatoms. The summed E-state index contributed by atoms with van der Waals surface area (Å²) in [5, 5.41) is 15.3. The molecule has 162 valence electrons. The van der Waals surface area contributed by atoms with Crippen molar-refractivity contribution < 1.29 is 9.59 Å². The van der Waals surface area contributed by atoms with E-state index in [0.717, 1.165) is 12.1 Å². The molecular formula is C22H24ClN5O2S. The molecule has 1 atom stereocenters. The van der Waals surface area contributed by atoms with Crippen molar-refractivity contribution >= 4 is 40.9 Å². The van der Waals surface area contributed by atoms with E-state index in [1.807, 2.05) is 38.2 Å². The zero-order valence-electron chi connectivity index (χ0n) is 17.6. The molecule has 7 nitrogen and oxygen atoms in total. The molecule has 0 aliphatic heterocycles. The van der Waals surface area contributed by atoms with Gasteiger partial charge in [-0.05, 0) is 55.3 Å². The van der Waals surface area contributed by atoms with Crippen LogP contribution in [0.1, 0.15) is 41.6 Å². The van der Waals surface area contributed by atoms with Gasteiger partial charge in [0.05, 0.1) is 11.8 Å². The minimum Gasteiger partial charge on any atom is -0.342 e. The van der Waals surface area contributed by atoms with Crippen LogP contribution in [0.25, 0.3) is 0 Å². The number of hydrogen-bond donors (Lipinski definition) is 2. The molecule has 0 bridgehead atoms. The highest BCUT2D eigenvalue weighted by molar-refractivity contribution is 7.99. The Balaban J connectivity index is 1.55. The molecule has 2 N–H and O–H groups in total. The normalized spacial score (nSPS) is 11.7. The van der Waals surface area contributed by atoms with Gasteiger partial charge in [0.15, 0.2) is 11.0 Å². The van der Waals surface area contributed by atoms with Crippen molar-refractivity contribution in [2.24, 2.45) is 7.05 Å². The molecule has 0 saturated carbocycles. The predicted octanol–water partition coefficient (Wildman–Crippen LogP) is 4.25. The monoisotopic (exact) mass is 457 g/mol. The Labute approximate surface area is 190 Å². The number of benzene rings is 2. The molecule has 0 fully saturated rings. The molecule has 2 amide bonds.